The fraction of sp³-hybridized carbons (Fsp3) is 0.368. The Morgan fingerprint density at radius 1 is 0.960 bits per heavy atom. The van der Waals surface area contributed by atoms with Crippen LogP contribution in [0.4, 0.5) is 13.2 Å². The summed E-state index contributed by atoms with van der Waals surface area (Å²) in [4.78, 5) is 2.08. The average molecular weight is 371 g/mol. The lowest BCUT2D eigenvalue weighted by Crippen LogP contribution is -2.24. The highest BCUT2D eigenvalue weighted by atomic mass is 35.5. The van der Waals surface area contributed by atoms with Gasteiger partial charge in [0.2, 0.25) is 0 Å². The summed E-state index contributed by atoms with van der Waals surface area (Å²) in [7, 11) is 0. The fourth-order valence-corrected chi connectivity index (χ4v) is 3.58. The van der Waals surface area contributed by atoms with Gasteiger partial charge in [0.15, 0.2) is 0 Å². The molecule has 0 saturated carbocycles. The van der Waals surface area contributed by atoms with E-state index in [0.717, 1.165) is 19.2 Å². The zero-order valence-electron chi connectivity index (χ0n) is 13.7. The highest BCUT2D eigenvalue weighted by molar-refractivity contribution is 5.85. The van der Waals surface area contributed by atoms with E-state index in [9.17, 15) is 13.2 Å². The second-order valence-electron chi connectivity index (χ2n) is 6.36. The summed E-state index contributed by atoms with van der Waals surface area (Å²) in [6.45, 7) is 2.30. The van der Waals surface area contributed by atoms with Crippen molar-refractivity contribution in [3.05, 3.63) is 71.3 Å². The molecule has 6 heteroatoms. The summed E-state index contributed by atoms with van der Waals surface area (Å²) < 4.78 is 39.5. The number of likely N-dealkylation sites (tertiary alicyclic amines) is 1. The van der Waals surface area contributed by atoms with E-state index < -0.39 is 11.7 Å². The quantitative estimate of drug-likeness (QED) is 0.869. The maximum atomic E-state index is 13.2. The number of benzene rings is 2. The number of nitrogens with two attached hydrogens (primary N) is 1. The van der Waals surface area contributed by atoms with Crippen LogP contribution in [0, 0.1) is 5.92 Å². The van der Waals surface area contributed by atoms with Crippen LogP contribution in [0.2, 0.25) is 0 Å². The summed E-state index contributed by atoms with van der Waals surface area (Å²) in [5, 5.41) is 0. The molecule has 1 fully saturated rings. The molecule has 1 aliphatic rings. The predicted molar refractivity (Wildman–Crippen MR) is 95.7 cm³/mol. The van der Waals surface area contributed by atoms with Crippen LogP contribution in [0.1, 0.15) is 22.6 Å². The van der Waals surface area contributed by atoms with Crippen LogP contribution < -0.4 is 5.73 Å². The first kappa shape index (κ1) is 19.8. The maximum Gasteiger partial charge on any atom is 0.416 e. The summed E-state index contributed by atoms with van der Waals surface area (Å²) in [5.74, 6) is 0.541. The molecule has 136 valence electrons. The molecule has 2 aromatic carbocycles. The molecule has 2 atom stereocenters. The third-order valence-corrected chi connectivity index (χ3v) is 4.76. The summed E-state index contributed by atoms with van der Waals surface area (Å²) in [6.07, 6.45) is -4.32. The number of rotatable bonds is 4. The largest absolute Gasteiger partial charge is 0.416 e. The van der Waals surface area contributed by atoms with Gasteiger partial charge in [-0.1, -0.05) is 48.5 Å². The summed E-state index contributed by atoms with van der Waals surface area (Å²) >= 11 is 0. The molecule has 0 unspecified atom stereocenters. The standard InChI is InChI=1S/C19H21F3N2.ClH/c20-19(21,22)18-9-5-4-8-15(18)11-24-12-16(10-23)17(13-24)14-6-2-1-3-7-14;/h1-9,16-17H,10-13,23H2;1H/t16-,17+;/m1./s1. The summed E-state index contributed by atoms with van der Waals surface area (Å²) in [5.41, 5.74) is 6.90. The van der Waals surface area contributed by atoms with Crippen molar-refractivity contribution in [2.24, 2.45) is 11.7 Å². The van der Waals surface area contributed by atoms with Crippen molar-refractivity contribution in [1.82, 2.24) is 4.90 Å². The van der Waals surface area contributed by atoms with E-state index in [1.165, 1.54) is 11.6 Å². The topological polar surface area (TPSA) is 29.3 Å². The molecule has 3 rings (SSSR count). The second-order valence-corrected chi connectivity index (χ2v) is 6.36. The van der Waals surface area contributed by atoms with Crippen LogP contribution >= 0.6 is 12.4 Å². The van der Waals surface area contributed by atoms with Crippen LogP contribution in [0.3, 0.4) is 0 Å². The number of halogens is 4. The number of nitrogens with zero attached hydrogens (tertiary/aromatic N) is 1. The molecule has 1 heterocycles. The average Bonchev–Trinajstić information content (AvgIpc) is 2.98. The molecular formula is C19H22ClF3N2. The monoisotopic (exact) mass is 370 g/mol. The molecule has 2 nitrogen and oxygen atoms in total. The van der Waals surface area contributed by atoms with Gasteiger partial charge in [-0.05, 0) is 29.7 Å². The third kappa shape index (κ3) is 4.54. The Morgan fingerprint density at radius 3 is 2.24 bits per heavy atom. The molecule has 25 heavy (non-hydrogen) atoms. The first-order chi connectivity index (χ1) is 11.5. The number of hydrogen-bond acceptors (Lipinski definition) is 2. The second kappa shape index (κ2) is 8.21. The lowest BCUT2D eigenvalue weighted by atomic mass is 9.89. The zero-order valence-corrected chi connectivity index (χ0v) is 14.6. The van der Waals surface area contributed by atoms with Gasteiger partial charge in [0.25, 0.3) is 0 Å². The smallest absolute Gasteiger partial charge is 0.330 e. The summed E-state index contributed by atoms with van der Waals surface area (Å²) in [6, 6.07) is 15.9. The van der Waals surface area contributed by atoms with Crippen molar-refractivity contribution < 1.29 is 13.2 Å². The minimum Gasteiger partial charge on any atom is -0.330 e. The van der Waals surface area contributed by atoms with Gasteiger partial charge in [-0.15, -0.1) is 12.4 Å². The van der Waals surface area contributed by atoms with Gasteiger partial charge in [0.1, 0.15) is 0 Å². The van der Waals surface area contributed by atoms with Crippen molar-refractivity contribution in [3.63, 3.8) is 0 Å². The minimum atomic E-state index is -4.32. The van der Waals surface area contributed by atoms with Crippen molar-refractivity contribution in [2.75, 3.05) is 19.6 Å². The van der Waals surface area contributed by atoms with Gasteiger partial charge < -0.3 is 5.73 Å². The Hall–Kier alpha value is -1.56. The lowest BCUT2D eigenvalue weighted by Gasteiger charge is -2.19. The van der Waals surface area contributed by atoms with Crippen molar-refractivity contribution >= 4 is 12.4 Å². The Kier molecular flexibility index (Phi) is 6.49. The molecule has 0 aliphatic carbocycles. The first-order valence-corrected chi connectivity index (χ1v) is 8.11. The van der Waals surface area contributed by atoms with Crippen molar-refractivity contribution in [3.8, 4) is 0 Å². The molecule has 0 aromatic heterocycles. The normalized spacial score (nSPS) is 21.1. The van der Waals surface area contributed by atoms with Gasteiger partial charge in [-0.3, -0.25) is 4.90 Å². The number of alkyl halides is 3. The molecule has 0 spiro atoms. The number of hydrogen-bond donors (Lipinski definition) is 1. The SMILES string of the molecule is Cl.NC[C@@H]1CN(Cc2ccccc2C(F)(F)F)C[C@H]1c1ccccc1. The maximum absolute atomic E-state index is 13.2. The van der Waals surface area contributed by atoms with E-state index in [-0.39, 0.29) is 24.2 Å². The predicted octanol–water partition coefficient (Wildman–Crippen LogP) is 4.30. The lowest BCUT2D eigenvalue weighted by molar-refractivity contribution is -0.138. The fourth-order valence-electron chi connectivity index (χ4n) is 3.58. The molecular weight excluding hydrogens is 349 g/mol. The van der Waals surface area contributed by atoms with Gasteiger partial charge in [-0.2, -0.15) is 13.2 Å². The van der Waals surface area contributed by atoms with Crippen LogP contribution in [0.15, 0.2) is 54.6 Å². The highest BCUT2D eigenvalue weighted by Gasteiger charge is 2.36. The molecule has 0 radical (unpaired) electrons. The Morgan fingerprint density at radius 2 is 1.60 bits per heavy atom. The van der Waals surface area contributed by atoms with E-state index in [1.807, 2.05) is 18.2 Å². The van der Waals surface area contributed by atoms with E-state index in [2.05, 4.69) is 17.0 Å². The van der Waals surface area contributed by atoms with Crippen molar-refractivity contribution in [2.45, 2.75) is 18.6 Å². The van der Waals surface area contributed by atoms with E-state index in [0.29, 0.717) is 18.7 Å². The Balaban J connectivity index is 0.00000225. The van der Waals surface area contributed by atoms with E-state index >= 15 is 0 Å². The van der Waals surface area contributed by atoms with E-state index in [4.69, 9.17) is 5.73 Å². The molecule has 2 aromatic rings. The van der Waals surface area contributed by atoms with Gasteiger partial charge in [-0.25, -0.2) is 0 Å². The van der Waals surface area contributed by atoms with Crippen LogP contribution in [-0.4, -0.2) is 24.5 Å². The van der Waals surface area contributed by atoms with Crippen molar-refractivity contribution in [1.29, 1.82) is 0 Å². The Bertz CT molecular complexity index is 676. The van der Waals surface area contributed by atoms with Crippen LogP contribution in [0.25, 0.3) is 0 Å². The minimum absolute atomic E-state index is 0. The molecule has 0 bridgehead atoms. The van der Waals surface area contributed by atoms with E-state index in [1.54, 1.807) is 12.1 Å². The van der Waals surface area contributed by atoms with Crippen LogP contribution in [0.5, 0.6) is 0 Å². The van der Waals surface area contributed by atoms with Crippen LogP contribution in [-0.2, 0) is 12.7 Å². The molecule has 0 amide bonds. The third-order valence-electron chi connectivity index (χ3n) is 4.76. The zero-order chi connectivity index (χ0) is 17.2. The molecule has 1 saturated heterocycles. The van der Waals surface area contributed by atoms with Gasteiger partial charge >= 0.3 is 6.18 Å². The molecule has 1 aliphatic heterocycles. The highest BCUT2D eigenvalue weighted by Crippen LogP contribution is 2.36. The first-order valence-electron chi connectivity index (χ1n) is 8.11. The Labute approximate surface area is 152 Å². The molecule has 2 N–H and O–H groups in total. The van der Waals surface area contributed by atoms with Gasteiger partial charge in [0, 0.05) is 25.6 Å². The van der Waals surface area contributed by atoms with Gasteiger partial charge in [0.05, 0.1) is 5.56 Å².